The van der Waals surface area contributed by atoms with Gasteiger partial charge in [-0.05, 0) is 24.8 Å². The molecule has 1 saturated heterocycles. The maximum Gasteiger partial charge on any atom is 0.328 e. The Morgan fingerprint density at radius 1 is 1.24 bits per heavy atom. The molecule has 1 rings (SSSR count). The number of allylic oxidation sites excluding steroid dienone is 1. The third-order valence-corrected chi connectivity index (χ3v) is 3.27. The fourth-order valence-electron chi connectivity index (χ4n) is 2.44. The molecule has 17 heavy (non-hydrogen) atoms. The number of rotatable bonds is 3. The molecule has 0 saturated carbocycles. The van der Waals surface area contributed by atoms with Gasteiger partial charge in [0.2, 0.25) is 11.8 Å². The van der Waals surface area contributed by atoms with Crippen LogP contribution in [0.2, 0.25) is 0 Å². The van der Waals surface area contributed by atoms with Gasteiger partial charge in [-0.25, -0.2) is 4.79 Å². The summed E-state index contributed by atoms with van der Waals surface area (Å²) >= 11 is 0. The molecule has 0 unspecified atom stereocenters. The molecule has 2 N–H and O–H groups in total. The maximum atomic E-state index is 12.1. The third-order valence-electron chi connectivity index (χ3n) is 3.27. The van der Waals surface area contributed by atoms with Crippen molar-refractivity contribution in [1.82, 2.24) is 10.6 Å². The van der Waals surface area contributed by atoms with Crippen LogP contribution in [0, 0.1) is 11.3 Å². The molecule has 0 aliphatic carbocycles. The monoisotopic (exact) mass is 238 g/mol. The second-order valence-electron chi connectivity index (χ2n) is 4.37. The standard InChI is InChI=1S/C12H18N2O3/c1-5-8(6-2)12(7(3)4)9(15)13-11(17)14-10(12)16/h5,7H,6H2,1-4H3,(H2,13,14,15,16,17)/b8-5+. The smallest absolute Gasteiger partial charge is 0.277 e. The number of urea groups is 1. The maximum absolute atomic E-state index is 12.1. The SMILES string of the molecule is C/C=C(\CC)C1(C(C)C)C(=O)NC(=O)NC1=O. The number of carbonyl (C=O) groups excluding carboxylic acids is 3. The second-order valence-corrected chi connectivity index (χ2v) is 4.37. The molecule has 0 atom stereocenters. The van der Waals surface area contributed by atoms with Gasteiger partial charge in [-0.2, -0.15) is 0 Å². The van der Waals surface area contributed by atoms with Crippen LogP contribution in [0.3, 0.4) is 0 Å². The van der Waals surface area contributed by atoms with Gasteiger partial charge in [-0.15, -0.1) is 0 Å². The molecule has 4 amide bonds. The lowest BCUT2D eigenvalue weighted by Crippen LogP contribution is -2.64. The second kappa shape index (κ2) is 4.69. The van der Waals surface area contributed by atoms with E-state index in [9.17, 15) is 14.4 Å². The predicted molar refractivity (Wildman–Crippen MR) is 63.0 cm³/mol. The van der Waals surface area contributed by atoms with Gasteiger partial charge in [-0.1, -0.05) is 26.8 Å². The minimum atomic E-state index is -1.27. The highest BCUT2D eigenvalue weighted by Gasteiger charge is 2.54. The summed E-state index contributed by atoms with van der Waals surface area (Å²) in [5.74, 6) is -1.28. The number of nitrogens with one attached hydrogen (secondary N) is 2. The Bertz CT molecular complexity index is 377. The lowest BCUT2D eigenvalue weighted by atomic mass is 9.68. The van der Waals surface area contributed by atoms with Crippen LogP contribution in [0.1, 0.15) is 34.1 Å². The Kier molecular flexibility index (Phi) is 3.70. The largest absolute Gasteiger partial charge is 0.328 e. The highest BCUT2D eigenvalue weighted by atomic mass is 16.2. The number of amides is 4. The number of hydrogen-bond donors (Lipinski definition) is 2. The van der Waals surface area contributed by atoms with E-state index in [-0.39, 0.29) is 5.92 Å². The Balaban J connectivity index is 3.37. The van der Waals surface area contributed by atoms with E-state index in [1.807, 2.05) is 6.92 Å². The Hall–Kier alpha value is -1.65. The van der Waals surface area contributed by atoms with E-state index in [0.717, 1.165) is 5.57 Å². The zero-order valence-electron chi connectivity index (χ0n) is 10.6. The summed E-state index contributed by atoms with van der Waals surface area (Å²) in [6.07, 6.45) is 2.36. The van der Waals surface area contributed by atoms with E-state index in [1.165, 1.54) is 0 Å². The van der Waals surface area contributed by atoms with Gasteiger partial charge in [0.15, 0.2) is 5.41 Å². The molecule has 0 radical (unpaired) electrons. The number of barbiturate groups is 1. The zero-order valence-corrected chi connectivity index (χ0v) is 10.6. The molecular formula is C12H18N2O3. The van der Waals surface area contributed by atoms with Gasteiger partial charge in [0.25, 0.3) is 0 Å². The highest BCUT2D eigenvalue weighted by Crippen LogP contribution is 2.39. The number of hydrogen-bond acceptors (Lipinski definition) is 3. The summed E-state index contributed by atoms with van der Waals surface area (Å²) in [5, 5.41) is 4.36. The molecule has 0 bridgehead atoms. The first kappa shape index (κ1) is 13.4. The molecule has 1 aliphatic heterocycles. The molecule has 5 nitrogen and oxygen atoms in total. The number of carbonyl (C=O) groups is 3. The van der Waals surface area contributed by atoms with Gasteiger partial charge in [-0.3, -0.25) is 20.2 Å². The van der Waals surface area contributed by atoms with E-state index in [1.54, 1.807) is 26.8 Å². The summed E-state index contributed by atoms with van der Waals surface area (Å²) in [4.78, 5) is 35.3. The lowest BCUT2D eigenvalue weighted by Gasteiger charge is -2.38. The zero-order chi connectivity index (χ0) is 13.2. The molecular weight excluding hydrogens is 220 g/mol. The average Bonchev–Trinajstić information content (AvgIpc) is 2.22. The van der Waals surface area contributed by atoms with Gasteiger partial charge >= 0.3 is 6.03 Å². The van der Waals surface area contributed by atoms with Crippen molar-refractivity contribution >= 4 is 17.8 Å². The van der Waals surface area contributed by atoms with E-state index in [0.29, 0.717) is 6.42 Å². The molecule has 94 valence electrons. The first-order chi connectivity index (χ1) is 7.91. The fourth-order valence-corrected chi connectivity index (χ4v) is 2.44. The normalized spacial score (nSPS) is 20.3. The molecule has 1 fully saturated rings. The van der Waals surface area contributed by atoms with Crippen molar-refractivity contribution in [2.45, 2.75) is 34.1 Å². The summed E-state index contributed by atoms with van der Waals surface area (Å²) < 4.78 is 0. The van der Waals surface area contributed by atoms with Crippen LogP contribution in [0.15, 0.2) is 11.6 Å². The van der Waals surface area contributed by atoms with Crippen molar-refractivity contribution in [2.24, 2.45) is 11.3 Å². The molecule has 1 aliphatic rings. The van der Waals surface area contributed by atoms with Gasteiger partial charge < -0.3 is 0 Å². The molecule has 1 heterocycles. The summed E-state index contributed by atoms with van der Waals surface area (Å²) in [6.45, 7) is 7.28. The quantitative estimate of drug-likeness (QED) is 0.575. The first-order valence-corrected chi connectivity index (χ1v) is 5.73. The van der Waals surface area contributed by atoms with Gasteiger partial charge in [0, 0.05) is 0 Å². The van der Waals surface area contributed by atoms with Crippen LogP contribution in [0.5, 0.6) is 0 Å². The van der Waals surface area contributed by atoms with Crippen LogP contribution in [-0.2, 0) is 9.59 Å². The van der Waals surface area contributed by atoms with Crippen molar-refractivity contribution < 1.29 is 14.4 Å². The van der Waals surface area contributed by atoms with Crippen molar-refractivity contribution in [3.63, 3.8) is 0 Å². The topological polar surface area (TPSA) is 75.3 Å². The summed E-state index contributed by atoms with van der Waals surface area (Å²) in [6, 6.07) is -0.747. The minimum Gasteiger partial charge on any atom is -0.277 e. The first-order valence-electron chi connectivity index (χ1n) is 5.73. The highest BCUT2D eigenvalue weighted by molar-refractivity contribution is 6.21. The van der Waals surface area contributed by atoms with Gasteiger partial charge in [0.1, 0.15) is 0 Å². The average molecular weight is 238 g/mol. The van der Waals surface area contributed by atoms with E-state index in [2.05, 4.69) is 10.6 Å². The van der Waals surface area contributed by atoms with Crippen LogP contribution in [0.4, 0.5) is 4.79 Å². The third kappa shape index (κ3) is 1.85. The minimum absolute atomic E-state index is 0.221. The molecule has 0 spiro atoms. The van der Waals surface area contributed by atoms with Crippen molar-refractivity contribution in [3.05, 3.63) is 11.6 Å². The van der Waals surface area contributed by atoms with Crippen LogP contribution in [0.25, 0.3) is 0 Å². The number of imide groups is 2. The molecule has 0 aromatic rings. The molecule has 0 aromatic heterocycles. The van der Waals surface area contributed by atoms with Crippen LogP contribution >= 0.6 is 0 Å². The van der Waals surface area contributed by atoms with Crippen LogP contribution < -0.4 is 10.6 Å². The van der Waals surface area contributed by atoms with E-state index < -0.39 is 23.3 Å². The summed E-state index contributed by atoms with van der Waals surface area (Å²) in [7, 11) is 0. The predicted octanol–water partition coefficient (Wildman–Crippen LogP) is 1.35. The molecule has 5 heteroatoms. The molecule has 0 aromatic carbocycles. The van der Waals surface area contributed by atoms with Crippen molar-refractivity contribution in [1.29, 1.82) is 0 Å². The fraction of sp³-hybridized carbons (Fsp3) is 0.583. The van der Waals surface area contributed by atoms with E-state index >= 15 is 0 Å². The van der Waals surface area contributed by atoms with Crippen LogP contribution in [-0.4, -0.2) is 17.8 Å². The van der Waals surface area contributed by atoms with Gasteiger partial charge in [0.05, 0.1) is 0 Å². The Morgan fingerprint density at radius 2 is 1.71 bits per heavy atom. The Morgan fingerprint density at radius 3 is 2.00 bits per heavy atom. The van der Waals surface area contributed by atoms with Crippen molar-refractivity contribution in [3.8, 4) is 0 Å². The Labute approximate surface area is 101 Å². The summed E-state index contributed by atoms with van der Waals surface area (Å²) in [5.41, 5.74) is -0.535. The van der Waals surface area contributed by atoms with Crippen molar-refractivity contribution in [2.75, 3.05) is 0 Å². The lowest BCUT2D eigenvalue weighted by molar-refractivity contribution is -0.144. The van der Waals surface area contributed by atoms with E-state index in [4.69, 9.17) is 0 Å².